The van der Waals surface area contributed by atoms with Crippen molar-refractivity contribution in [3.63, 3.8) is 0 Å². The molecule has 0 aliphatic rings. The number of hydrogen-bond donors (Lipinski definition) is 1. The van der Waals surface area contributed by atoms with Crippen LogP contribution in [0.15, 0.2) is 62.7 Å². The van der Waals surface area contributed by atoms with Crippen LogP contribution in [-0.2, 0) is 6.54 Å². The van der Waals surface area contributed by atoms with Crippen molar-refractivity contribution in [2.75, 3.05) is 0 Å². The van der Waals surface area contributed by atoms with Crippen LogP contribution < -0.4 is 10.9 Å². The first-order chi connectivity index (χ1) is 12.2. The molecule has 1 amide bonds. The molecule has 4 aromatic heterocycles. The van der Waals surface area contributed by atoms with E-state index in [1.54, 1.807) is 36.5 Å². The van der Waals surface area contributed by atoms with Gasteiger partial charge in [0, 0.05) is 12.4 Å². The lowest BCUT2D eigenvalue weighted by Gasteiger charge is -2.04. The number of furan rings is 1. The van der Waals surface area contributed by atoms with E-state index in [1.807, 2.05) is 0 Å². The molecule has 25 heavy (non-hydrogen) atoms. The van der Waals surface area contributed by atoms with Gasteiger partial charge in [-0.3, -0.25) is 14.0 Å². The zero-order chi connectivity index (χ0) is 17.2. The minimum atomic E-state index is -0.569. The van der Waals surface area contributed by atoms with E-state index < -0.39 is 11.5 Å². The minimum Gasteiger partial charge on any atom is -0.459 e. The lowest BCUT2D eigenvalue weighted by Crippen LogP contribution is -2.31. The molecule has 0 saturated heterocycles. The summed E-state index contributed by atoms with van der Waals surface area (Å²) in [6.07, 6.45) is 4.29. The average Bonchev–Trinajstić information content (AvgIpc) is 3.31. The third-order valence-electron chi connectivity index (χ3n) is 3.47. The van der Waals surface area contributed by atoms with Gasteiger partial charge in [0.05, 0.1) is 12.8 Å². The van der Waals surface area contributed by atoms with Crippen molar-refractivity contribution in [1.82, 2.24) is 24.8 Å². The third-order valence-corrected chi connectivity index (χ3v) is 3.47. The van der Waals surface area contributed by atoms with Crippen molar-refractivity contribution in [2.45, 2.75) is 6.54 Å². The third kappa shape index (κ3) is 2.78. The highest BCUT2D eigenvalue weighted by Gasteiger charge is 2.15. The van der Waals surface area contributed by atoms with Gasteiger partial charge in [-0.1, -0.05) is 11.2 Å². The number of rotatable bonds is 4. The van der Waals surface area contributed by atoms with Gasteiger partial charge < -0.3 is 14.3 Å². The van der Waals surface area contributed by atoms with Crippen LogP contribution in [0.3, 0.4) is 0 Å². The van der Waals surface area contributed by atoms with Crippen molar-refractivity contribution < 1.29 is 13.7 Å². The summed E-state index contributed by atoms with van der Waals surface area (Å²) in [6, 6.07) is 8.50. The smallest absolute Gasteiger partial charge is 0.293 e. The number of carbonyl (C=O) groups is 1. The van der Waals surface area contributed by atoms with Crippen molar-refractivity contribution in [1.29, 1.82) is 0 Å². The Bertz CT molecular complexity index is 1100. The number of hydrogen-bond acceptors (Lipinski definition) is 7. The number of nitrogens with zero attached hydrogens (tertiary/aromatic N) is 4. The monoisotopic (exact) mass is 337 g/mol. The van der Waals surface area contributed by atoms with E-state index in [4.69, 9.17) is 8.94 Å². The molecule has 0 bridgehead atoms. The van der Waals surface area contributed by atoms with E-state index in [0.717, 1.165) is 0 Å². The fourth-order valence-corrected chi connectivity index (χ4v) is 2.26. The first-order valence-corrected chi connectivity index (χ1v) is 7.33. The molecular weight excluding hydrogens is 326 g/mol. The van der Waals surface area contributed by atoms with Gasteiger partial charge in [-0.15, -0.1) is 0 Å². The van der Waals surface area contributed by atoms with Crippen LogP contribution in [0.25, 0.3) is 17.3 Å². The maximum Gasteiger partial charge on any atom is 0.293 e. The molecule has 0 saturated carbocycles. The first kappa shape index (κ1) is 14.8. The number of fused-ring (bicyclic) bond motifs is 1. The molecule has 0 aliphatic heterocycles. The maximum absolute atomic E-state index is 12.3. The van der Waals surface area contributed by atoms with E-state index >= 15 is 0 Å². The number of pyridine rings is 1. The van der Waals surface area contributed by atoms with Crippen molar-refractivity contribution in [3.8, 4) is 11.7 Å². The molecule has 0 atom stereocenters. The van der Waals surface area contributed by atoms with E-state index in [-0.39, 0.29) is 23.8 Å². The summed E-state index contributed by atoms with van der Waals surface area (Å²) < 4.78 is 11.5. The Kier molecular flexibility index (Phi) is 3.58. The maximum atomic E-state index is 12.3. The molecule has 0 unspecified atom stereocenters. The van der Waals surface area contributed by atoms with Gasteiger partial charge >= 0.3 is 0 Å². The van der Waals surface area contributed by atoms with Crippen LogP contribution in [0.2, 0.25) is 0 Å². The highest BCUT2D eigenvalue weighted by atomic mass is 16.5. The molecule has 4 heterocycles. The topological polar surface area (TPSA) is 116 Å². The van der Waals surface area contributed by atoms with Crippen LogP contribution >= 0.6 is 0 Å². The molecule has 1 N–H and O–H groups in total. The molecule has 4 rings (SSSR count). The molecular formula is C16H11N5O4. The van der Waals surface area contributed by atoms with Gasteiger partial charge in [-0.25, -0.2) is 4.98 Å². The predicted molar refractivity (Wildman–Crippen MR) is 84.6 cm³/mol. The summed E-state index contributed by atoms with van der Waals surface area (Å²) in [6.45, 7) is -0.0000244. The van der Waals surface area contributed by atoms with Crippen molar-refractivity contribution in [3.05, 3.63) is 70.7 Å². The van der Waals surface area contributed by atoms with Crippen LogP contribution in [0.5, 0.6) is 0 Å². The molecule has 0 aliphatic carbocycles. The molecule has 0 radical (unpaired) electrons. The molecule has 4 aromatic rings. The summed E-state index contributed by atoms with van der Waals surface area (Å²) in [7, 11) is 0. The molecule has 0 aromatic carbocycles. The lowest BCUT2D eigenvalue weighted by molar-refractivity contribution is 0.0947. The number of aromatic nitrogens is 4. The van der Waals surface area contributed by atoms with E-state index in [9.17, 15) is 9.59 Å². The minimum absolute atomic E-state index is 0.0000244. The predicted octanol–water partition coefficient (Wildman–Crippen LogP) is 1.27. The Balaban J connectivity index is 1.51. The Morgan fingerprint density at radius 3 is 3.00 bits per heavy atom. The van der Waals surface area contributed by atoms with Gasteiger partial charge in [-0.05, 0) is 24.3 Å². The van der Waals surface area contributed by atoms with Crippen molar-refractivity contribution >= 4 is 11.6 Å². The Hall–Kier alpha value is -3.75. The lowest BCUT2D eigenvalue weighted by atomic mass is 10.3. The largest absolute Gasteiger partial charge is 0.459 e. The molecule has 0 spiro atoms. The molecule has 0 fully saturated rings. The number of carbonyl (C=O) groups excluding carboxylic acids is 1. The quantitative estimate of drug-likeness (QED) is 0.596. The van der Waals surface area contributed by atoms with Crippen LogP contribution in [-0.4, -0.2) is 25.4 Å². The Morgan fingerprint density at radius 2 is 2.16 bits per heavy atom. The van der Waals surface area contributed by atoms with Crippen LogP contribution in [0.4, 0.5) is 0 Å². The molecule has 124 valence electrons. The average molecular weight is 337 g/mol. The summed E-state index contributed by atoms with van der Waals surface area (Å²) in [4.78, 5) is 32.8. The van der Waals surface area contributed by atoms with Gasteiger partial charge in [0.15, 0.2) is 11.6 Å². The normalized spacial score (nSPS) is 10.9. The van der Waals surface area contributed by atoms with Gasteiger partial charge in [0.2, 0.25) is 0 Å². The summed E-state index contributed by atoms with van der Waals surface area (Å²) in [5, 5.41) is 6.32. The van der Waals surface area contributed by atoms with Crippen molar-refractivity contribution in [2.24, 2.45) is 0 Å². The van der Waals surface area contributed by atoms with Gasteiger partial charge in [0.1, 0.15) is 11.2 Å². The fraction of sp³-hybridized carbons (Fsp3) is 0.0625. The first-order valence-electron chi connectivity index (χ1n) is 7.33. The van der Waals surface area contributed by atoms with E-state index in [2.05, 4.69) is 20.4 Å². The zero-order valence-corrected chi connectivity index (χ0v) is 12.7. The number of amides is 1. The zero-order valence-electron chi connectivity index (χ0n) is 12.7. The second-order valence-corrected chi connectivity index (χ2v) is 5.08. The fourth-order valence-electron chi connectivity index (χ4n) is 2.26. The van der Waals surface area contributed by atoms with E-state index in [0.29, 0.717) is 11.4 Å². The Morgan fingerprint density at radius 1 is 1.24 bits per heavy atom. The van der Waals surface area contributed by atoms with Gasteiger partial charge in [0.25, 0.3) is 17.4 Å². The highest BCUT2D eigenvalue weighted by Crippen LogP contribution is 2.16. The molecule has 9 heteroatoms. The summed E-state index contributed by atoms with van der Waals surface area (Å²) in [5.74, 6) is 0.331. The second kappa shape index (κ2) is 6.04. The number of nitrogens with one attached hydrogen (secondary N) is 1. The summed E-state index contributed by atoms with van der Waals surface area (Å²) >= 11 is 0. The standard InChI is InChI=1S/C16H11N5O4/c22-14(10-8-17-13-5-1-2-6-21(13)16(10)23)18-9-12-19-15(25-20-12)11-4-3-7-24-11/h1-8H,9H2,(H,18,22). The van der Waals surface area contributed by atoms with Gasteiger partial charge in [-0.2, -0.15) is 4.98 Å². The summed E-state index contributed by atoms with van der Waals surface area (Å²) in [5.41, 5.74) is -0.0590. The molecule has 9 nitrogen and oxygen atoms in total. The Labute approximate surface area is 139 Å². The SMILES string of the molecule is O=C(NCc1noc(-c2ccco2)n1)c1cnc2ccccn2c1=O. The van der Waals surface area contributed by atoms with Crippen LogP contribution in [0, 0.1) is 0 Å². The van der Waals surface area contributed by atoms with E-state index in [1.165, 1.54) is 16.9 Å². The second-order valence-electron chi connectivity index (χ2n) is 5.08. The highest BCUT2D eigenvalue weighted by molar-refractivity contribution is 5.93. The van der Waals surface area contributed by atoms with Crippen LogP contribution in [0.1, 0.15) is 16.2 Å².